The van der Waals surface area contributed by atoms with Gasteiger partial charge in [-0.2, -0.15) is 0 Å². The molecule has 8 nitrogen and oxygen atoms in total. The highest BCUT2D eigenvalue weighted by molar-refractivity contribution is 6.02. The Kier molecular flexibility index (Phi) is 8.59. The molecule has 1 saturated heterocycles. The Balaban J connectivity index is 1.50. The van der Waals surface area contributed by atoms with E-state index in [9.17, 15) is 19.5 Å². The molecule has 2 heterocycles. The van der Waals surface area contributed by atoms with Gasteiger partial charge in [-0.15, -0.1) is 0 Å². The third-order valence-electron chi connectivity index (χ3n) is 8.15. The predicted octanol–water partition coefficient (Wildman–Crippen LogP) is 4.18. The Morgan fingerprint density at radius 2 is 1.82 bits per heavy atom. The molecular weight excluding hydrogens is 504 g/mol. The molecule has 0 radical (unpaired) electrons. The quantitative estimate of drug-likeness (QED) is 0.487. The maximum absolute atomic E-state index is 14.0. The first-order chi connectivity index (χ1) is 19.0. The van der Waals surface area contributed by atoms with Crippen LogP contribution >= 0.6 is 0 Å². The average molecular weight is 545 g/mol. The van der Waals surface area contributed by atoms with E-state index in [1.165, 1.54) is 4.90 Å². The molecule has 2 aliphatic heterocycles. The first kappa shape index (κ1) is 29.2. The summed E-state index contributed by atoms with van der Waals surface area (Å²) in [7, 11) is 0. The Morgan fingerprint density at radius 3 is 2.45 bits per heavy atom. The van der Waals surface area contributed by atoms with Crippen molar-refractivity contribution >= 4 is 29.5 Å². The van der Waals surface area contributed by atoms with Crippen molar-refractivity contribution < 1.29 is 19.5 Å². The van der Waals surface area contributed by atoms with Crippen molar-refractivity contribution in [3.8, 4) is 0 Å². The molecule has 1 fully saturated rings. The zero-order valence-electron chi connectivity index (χ0n) is 24.3. The minimum atomic E-state index is -1.24. The predicted molar refractivity (Wildman–Crippen MR) is 156 cm³/mol. The molecule has 0 aliphatic carbocycles. The summed E-state index contributed by atoms with van der Waals surface area (Å²) in [5.41, 5.74) is 4.25. The number of β-amino-alcohol motifs (C(OH)–C–C–N with tert-alkyl or cyclic N) is 1. The maximum Gasteiger partial charge on any atom is 0.255 e. The molecule has 2 aliphatic rings. The second kappa shape index (κ2) is 11.8. The number of amides is 3. The second-order valence-electron chi connectivity index (χ2n) is 11.3. The Hall–Kier alpha value is -3.78. The Labute approximate surface area is 236 Å². The van der Waals surface area contributed by atoms with E-state index >= 15 is 0 Å². The summed E-state index contributed by atoms with van der Waals surface area (Å²) < 4.78 is 0. The molecule has 40 heavy (non-hydrogen) atoms. The lowest BCUT2D eigenvalue weighted by Gasteiger charge is -2.39. The zero-order chi connectivity index (χ0) is 29.2. The molecule has 0 bridgehead atoms. The number of aliphatic hydroxyl groups excluding tert-OH is 1. The van der Waals surface area contributed by atoms with Crippen LogP contribution in [0.15, 0.2) is 59.2 Å². The van der Waals surface area contributed by atoms with Gasteiger partial charge in [-0.25, -0.2) is 0 Å². The van der Waals surface area contributed by atoms with Crippen LogP contribution < -0.4 is 5.32 Å². The van der Waals surface area contributed by atoms with Gasteiger partial charge in [-0.1, -0.05) is 56.3 Å². The van der Waals surface area contributed by atoms with E-state index in [0.717, 1.165) is 28.0 Å². The van der Waals surface area contributed by atoms with Crippen molar-refractivity contribution in [2.75, 3.05) is 6.54 Å². The third-order valence-corrected chi connectivity index (χ3v) is 8.15. The number of allylic oxidation sites excluding steroid dienone is 2. The third kappa shape index (κ3) is 5.59. The monoisotopic (exact) mass is 544 g/mol. The smallest absolute Gasteiger partial charge is 0.255 e. The molecule has 3 atom stereocenters. The number of carbonyl (C=O) groups excluding carboxylic acids is 3. The van der Waals surface area contributed by atoms with Crippen molar-refractivity contribution in [1.82, 2.24) is 15.1 Å². The minimum Gasteiger partial charge on any atom is -0.391 e. The summed E-state index contributed by atoms with van der Waals surface area (Å²) in [4.78, 5) is 48.3. The van der Waals surface area contributed by atoms with Crippen LogP contribution in [0.3, 0.4) is 0 Å². The van der Waals surface area contributed by atoms with Crippen molar-refractivity contribution in [2.24, 2.45) is 10.9 Å². The molecule has 212 valence electrons. The van der Waals surface area contributed by atoms with E-state index in [1.54, 1.807) is 24.1 Å². The number of likely N-dealkylation sites (tertiary alicyclic amines) is 1. The van der Waals surface area contributed by atoms with Crippen LogP contribution in [0, 0.1) is 5.92 Å². The summed E-state index contributed by atoms with van der Waals surface area (Å²) in [5.74, 6) is -1.01. The maximum atomic E-state index is 14.0. The number of carbonyl (C=O) groups is 3. The molecule has 2 aromatic carbocycles. The summed E-state index contributed by atoms with van der Waals surface area (Å²) in [6.07, 6.45) is 1.06. The van der Waals surface area contributed by atoms with Crippen molar-refractivity contribution in [3.05, 3.63) is 76.5 Å². The second-order valence-corrected chi connectivity index (χ2v) is 11.3. The SMILES string of the molecule is CC=N/C(C)=C(\C)c1ccc(CNC(=O)C2(C)C[C@@H](O)CN2C(=O)[C@H](C(C)C)N2Cc3ccccc3C2=O)cc1. The summed E-state index contributed by atoms with van der Waals surface area (Å²) in [6, 6.07) is 14.6. The molecule has 4 rings (SSSR count). The van der Waals surface area contributed by atoms with Crippen LogP contribution in [0.1, 0.15) is 75.0 Å². The van der Waals surface area contributed by atoms with E-state index in [2.05, 4.69) is 10.3 Å². The van der Waals surface area contributed by atoms with Crippen molar-refractivity contribution in [3.63, 3.8) is 0 Å². The number of hydrogen-bond donors (Lipinski definition) is 2. The van der Waals surface area contributed by atoms with Crippen molar-refractivity contribution in [2.45, 2.75) is 78.7 Å². The lowest BCUT2D eigenvalue weighted by atomic mass is 9.94. The van der Waals surface area contributed by atoms with E-state index in [4.69, 9.17) is 0 Å². The molecule has 3 amide bonds. The molecule has 2 N–H and O–H groups in total. The van der Waals surface area contributed by atoms with Gasteiger partial charge in [0.25, 0.3) is 5.91 Å². The van der Waals surface area contributed by atoms with Gasteiger partial charge < -0.3 is 20.2 Å². The molecule has 0 saturated carbocycles. The minimum absolute atomic E-state index is 0.0425. The number of aliphatic imine (C=N–C) groups is 1. The topological polar surface area (TPSA) is 102 Å². The summed E-state index contributed by atoms with van der Waals surface area (Å²) in [5, 5.41) is 13.6. The summed E-state index contributed by atoms with van der Waals surface area (Å²) >= 11 is 0. The zero-order valence-corrected chi connectivity index (χ0v) is 24.3. The van der Waals surface area contributed by atoms with Crippen LogP contribution in [-0.4, -0.2) is 63.1 Å². The van der Waals surface area contributed by atoms with Gasteiger partial charge in [-0.05, 0) is 61.9 Å². The highest BCUT2D eigenvalue weighted by Gasteiger charge is 2.52. The van der Waals surface area contributed by atoms with Crippen molar-refractivity contribution in [1.29, 1.82) is 0 Å². The number of fused-ring (bicyclic) bond motifs is 1. The Morgan fingerprint density at radius 1 is 1.15 bits per heavy atom. The van der Waals surface area contributed by atoms with E-state index in [-0.39, 0.29) is 43.1 Å². The Bertz CT molecular complexity index is 1350. The van der Waals surface area contributed by atoms with Gasteiger partial charge in [-0.3, -0.25) is 19.4 Å². The van der Waals surface area contributed by atoms with Gasteiger partial charge in [0.2, 0.25) is 11.8 Å². The first-order valence-electron chi connectivity index (χ1n) is 13.9. The number of hydrogen-bond acceptors (Lipinski definition) is 5. The van der Waals surface area contributed by atoms with Gasteiger partial charge in [0.1, 0.15) is 11.6 Å². The standard InChI is InChI=1S/C32H40N4O4/c1-7-33-22(5)21(4)24-14-12-23(13-15-24)17-34-31(40)32(6)16-26(37)19-36(32)30(39)28(20(2)3)35-18-25-10-8-9-11-27(25)29(35)38/h7-15,20,26,28,37H,16-19H2,1-6H3,(H,34,40)/b22-21+,33-7?/t26-,28+,32?/m1/s1. The van der Waals surface area contributed by atoms with Gasteiger partial charge in [0, 0.05) is 43.5 Å². The normalized spacial score (nSPS) is 22.1. The molecular formula is C32H40N4O4. The first-order valence-corrected chi connectivity index (χ1v) is 13.9. The van der Waals surface area contributed by atoms with Gasteiger partial charge >= 0.3 is 0 Å². The number of nitrogens with one attached hydrogen (secondary N) is 1. The highest BCUT2D eigenvalue weighted by atomic mass is 16.3. The molecule has 8 heteroatoms. The molecule has 0 aromatic heterocycles. The lowest BCUT2D eigenvalue weighted by molar-refractivity contribution is -0.148. The van der Waals surface area contributed by atoms with Crippen LogP contribution in [0.25, 0.3) is 5.57 Å². The van der Waals surface area contributed by atoms with Crippen LogP contribution in [-0.2, 0) is 22.7 Å². The van der Waals surface area contributed by atoms with Crippen LogP contribution in [0.4, 0.5) is 0 Å². The number of aliphatic hydroxyl groups is 1. The molecule has 2 aromatic rings. The number of benzene rings is 2. The fourth-order valence-electron chi connectivity index (χ4n) is 5.78. The van der Waals surface area contributed by atoms with Crippen LogP contribution in [0.2, 0.25) is 0 Å². The number of rotatable bonds is 8. The lowest BCUT2D eigenvalue weighted by Crippen LogP contribution is -2.60. The van der Waals surface area contributed by atoms with E-state index < -0.39 is 17.7 Å². The van der Waals surface area contributed by atoms with E-state index in [0.29, 0.717) is 12.1 Å². The molecule has 0 spiro atoms. The average Bonchev–Trinajstić information content (AvgIpc) is 3.43. The largest absolute Gasteiger partial charge is 0.391 e. The fourth-order valence-corrected chi connectivity index (χ4v) is 5.78. The van der Waals surface area contributed by atoms with E-state index in [1.807, 2.05) is 77.1 Å². The summed E-state index contributed by atoms with van der Waals surface area (Å²) in [6.45, 7) is 12.1. The van der Waals surface area contributed by atoms with Crippen LogP contribution in [0.5, 0.6) is 0 Å². The van der Waals surface area contributed by atoms with Gasteiger partial charge in [0.15, 0.2) is 0 Å². The van der Waals surface area contributed by atoms with Gasteiger partial charge in [0.05, 0.1) is 6.10 Å². The fraction of sp³-hybridized carbons (Fsp3) is 0.438. The molecule has 1 unspecified atom stereocenters. The number of nitrogens with zero attached hydrogens (tertiary/aromatic N) is 3. The highest BCUT2D eigenvalue weighted by Crippen LogP contribution is 2.34.